The first-order valence-corrected chi connectivity index (χ1v) is 15.9. The average molecular weight is 551 g/mol. The summed E-state index contributed by atoms with van der Waals surface area (Å²) in [5, 5.41) is 23.6. The summed E-state index contributed by atoms with van der Waals surface area (Å²) in [5.41, 5.74) is 5.30. The summed E-state index contributed by atoms with van der Waals surface area (Å²) < 4.78 is 21.8. The highest BCUT2D eigenvalue weighted by Gasteiger charge is 2.28. The molecule has 0 aromatic rings. The van der Waals surface area contributed by atoms with Crippen LogP contribution in [0, 0.1) is 0 Å². The lowest BCUT2D eigenvalue weighted by atomic mass is 10.0. The fourth-order valence-electron chi connectivity index (χ4n) is 3.92. The number of aliphatic hydroxyl groups is 2. The van der Waals surface area contributed by atoms with Crippen molar-refractivity contribution in [3.05, 3.63) is 12.2 Å². The Balaban J connectivity index is 4.59. The molecular weight excluding hydrogens is 495 g/mol. The van der Waals surface area contributed by atoms with Gasteiger partial charge in [0, 0.05) is 6.54 Å². The Bertz CT molecular complexity index is 622. The average Bonchev–Trinajstić information content (AvgIpc) is 2.86. The van der Waals surface area contributed by atoms with E-state index < -0.39 is 32.0 Å². The van der Waals surface area contributed by atoms with E-state index in [2.05, 4.69) is 31.3 Å². The molecule has 1 amide bonds. The Hall–Kier alpha value is -0.800. The van der Waals surface area contributed by atoms with Gasteiger partial charge >= 0.3 is 7.82 Å². The highest BCUT2D eigenvalue weighted by molar-refractivity contribution is 7.47. The van der Waals surface area contributed by atoms with Gasteiger partial charge in [0.05, 0.1) is 37.9 Å². The zero-order valence-corrected chi connectivity index (χ0v) is 24.2. The molecule has 37 heavy (non-hydrogen) atoms. The third kappa shape index (κ3) is 22.9. The fourth-order valence-corrected chi connectivity index (χ4v) is 4.68. The summed E-state index contributed by atoms with van der Waals surface area (Å²) in [6.45, 7) is 3.86. The molecule has 0 radical (unpaired) electrons. The SMILES string of the molecule is CCCC/C=C\CCCCC(O)CC(=O)NC(COP(=O)(O)OCCN)C(O)CCCCCCCCC. The molecular formula is C27H55N2O7P. The quantitative estimate of drug-likeness (QED) is 0.0565. The van der Waals surface area contributed by atoms with Gasteiger partial charge in [-0.05, 0) is 32.1 Å². The van der Waals surface area contributed by atoms with Gasteiger partial charge in [0.2, 0.25) is 5.91 Å². The first kappa shape index (κ1) is 36.2. The lowest BCUT2D eigenvalue weighted by Crippen LogP contribution is -2.47. The molecule has 0 saturated carbocycles. The van der Waals surface area contributed by atoms with Crippen LogP contribution in [0.25, 0.3) is 0 Å². The number of phosphoric acid groups is 1. The summed E-state index contributed by atoms with van der Waals surface area (Å²) in [5.74, 6) is -0.435. The van der Waals surface area contributed by atoms with Crippen LogP contribution in [0.4, 0.5) is 0 Å². The summed E-state index contributed by atoms with van der Waals surface area (Å²) in [6.07, 6.45) is 17.3. The maximum Gasteiger partial charge on any atom is 0.472 e. The molecule has 220 valence electrons. The highest BCUT2D eigenvalue weighted by atomic mass is 31.2. The number of carbonyl (C=O) groups excluding carboxylic acids is 1. The predicted molar refractivity (Wildman–Crippen MR) is 149 cm³/mol. The first-order chi connectivity index (χ1) is 17.8. The van der Waals surface area contributed by atoms with Crippen molar-refractivity contribution in [2.24, 2.45) is 5.73 Å². The predicted octanol–water partition coefficient (Wildman–Crippen LogP) is 5.12. The molecule has 0 aliphatic rings. The lowest BCUT2D eigenvalue weighted by Gasteiger charge is -2.25. The van der Waals surface area contributed by atoms with Crippen molar-refractivity contribution in [2.75, 3.05) is 19.8 Å². The monoisotopic (exact) mass is 550 g/mol. The van der Waals surface area contributed by atoms with Gasteiger partial charge in [0.15, 0.2) is 0 Å². The third-order valence-corrected chi connectivity index (χ3v) is 7.16. The van der Waals surface area contributed by atoms with Crippen LogP contribution in [0.3, 0.4) is 0 Å². The maximum absolute atomic E-state index is 12.5. The minimum atomic E-state index is -4.35. The lowest BCUT2D eigenvalue weighted by molar-refractivity contribution is -0.125. The van der Waals surface area contributed by atoms with E-state index in [9.17, 15) is 24.5 Å². The number of unbranched alkanes of at least 4 members (excludes halogenated alkanes) is 10. The number of hydrogen-bond acceptors (Lipinski definition) is 7. The molecule has 10 heteroatoms. The third-order valence-electron chi connectivity index (χ3n) is 6.17. The van der Waals surface area contributed by atoms with E-state index in [1.54, 1.807) is 0 Å². The van der Waals surface area contributed by atoms with E-state index in [4.69, 9.17) is 14.8 Å². The summed E-state index contributed by atoms with van der Waals surface area (Å²) in [6, 6.07) is -0.894. The van der Waals surface area contributed by atoms with Gasteiger partial charge in [0.1, 0.15) is 0 Å². The molecule has 0 bridgehead atoms. The van der Waals surface area contributed by atoms with E-state index in [0.717, 1.165) is 51.4 Å². The Labute approximate surface area is 225 Å². The molecule has 0 aromatic heterocycles. The van der Waals surface area contributed by atoms with E-state index >= 15 is 0 Å². The smallest absolute Gasteiger partial charge is 0.393 e. The number of allylic oxidation sites excluding steroid dienone is 2. The van der Waals surface area contributed by atoms with Gasteiger partial charge in [-0.25, -0.2) is 4.57 Å². The fraction of sp³-hybridized carbons (Fsp3) is 0.889. The number of hydrogen-bond donors (Lipinski definition) is 5. The molecule has 0 aliphatic carbocycles. The van der Waals surface area contributed by atoms with Crippen LogP contribution in [0.2, 0.25) is 0 Å². The molecule has 0 heterocycles. The molecule has 6 N–H and O–H groups in total. The normalized spacial score (nSPS) is 15.9. The van der Waals surface area contributed by atoms with Crippen LogP contribution < -0.4 is 11.1 Å². The molecule has 4 unspecified atom stereocenters. The largest absolute Gasteiger partial charge is 0.472 e. The molecule has 9 nitrogen and oxygen atoms in total. The van der Waals surface area contributed by atoms with Crippen LogP contribution in [0.5, 0.6) is 0 Å². The number of rotatable bonds is 26. The number of phosphoric ester groups is 1. The van der Waals surface area contributed by atoms with Crippen molar-refractivity contribution >= 4 is 13.7 Å². The van der Waals surface area contributed by atoms with E-state index in [0.29, 0.717) is 12.8 Å². The van der Waals surface area contributed by atoms with Crippen LogP contribution in [-0.2, 0) is 18.4 Å². The van der Waals surface area contributed by atoms with Gasteiger partial charge in [-0.3, -0.25) is 13.8 Å². The molecule has 0 aromatic carbocycles. The Kier molecular flexibility index (Phi) is 23.7. The number of nitrogens with one attached hydrogen (secondary N) is 1. The van der Waals surface area contributed by atoms with Crippen molar-refractivity contribution in [2.45, 2.75) is 135 Å². The van der Waals surface area contributed by atoms with Crippen molar-refractivity contribution in [3.8, 4) is 0 Å². The molecule has 0 fully saturated rings. The van der Waals surface area contributed by atoms with Crippen molar-refractivity contribution in [3.63, 3.8) is 0 Å². The van der Waals surface area contributed by atoms with Gasteiger partial charge in [-0.1, -0.05) is 90.2 Å². The second kappa shape index (κ2) is 24.3. The van der Waals surface area contributed by atoms with Crippen LogP contribution in [-0.4, -0.2) is 59.0 Å². The highest BCUT2D eigenvalue weighted by Crippen LogP contribution is 2.43. The minimum absolute atomic E-state index is 0.0575. The molecule has 4 atom stereocenters. The van der Waals surface area contributed by atoms with Crippen LogP contribution in [0.15, 0.2) is 12.2 Å². The summed E-state index contributed by atoms with van der Waals surface area (Å²) in [7, 11) is -4.35. The standard InChI is InChI=1S/C27H55N2O7P/c1-3-5-7-9-11-13-14-16-18-24(30)22-27(32)29-25(23-36-37(33,34)35-21-20-28)26(31)19-17-15-12-10-8-6-4-2/h9,11,24-26,30-31H,3-8,10,12-23,28H2,1-2H3,(H,29,32)(H,33,34)/b11-9-. The molecule has 0 aliphatic heterocycles. The minimum Gasteiger partial charge on any atom is -0.393 e. The van der Waals surface area contributed by atoms with Gasteiger partial charge in [0.25, 0.3) is 0 Å². The Morgan fingerprint density at radius 1 is 0.892 bits per heavy atom. The Morgan fingerprint density at radius 2 is 1.49 bits per heavy atom. The number of carbonyl (C=O) groups is 1. The van der Waals surface area contributed by atoms with Crippen LogP contribution in [0.1, 0.15) is 117 Å². The van der Waals surface area contributed by atoms with Crippen molar-refractivity contribution in [1.29, 1.82) is 0 Å². The summed E-state index contributed by atoms with van der Waals surface area (Å²) >= 11 is 0. The van der Waals surface area contributed by atoms with Gasteiger partial charge in [-0.15, -0.1) is 0 Å². The van der Waals surface area contributed by atoms with E-state index in [1.807, 2.05) is 0 Å². The Morgan fingerprint density at radius 3 is 2.14 bits per heavy atom. The topological polar surface area (TPSA) is 151 Å². The van der Waals surface area contributed by atoms with Crippen molar-refractivity contribution < 1.29 is 33.5 Å². The zero-order chi connectivity index (χ0) is 27.8. The van der Waals surface area contributed by atoms with E-state index in [1.165, 1.54) is 32.1 Å². The van der Waals surface area contributed by atoms with Gasteiger partial charge in [-0.2, -0.15) is 0 Å². The first-order valence-electron chi connectivity index (χ1n) is 14.4. The summed E-state index contributed by atoms with van der Waals surface area (Å²) in [4.78, 5) is 22.3. The number of nitrogens with two attached hydrogens (primary N) is 1. The number of aliphatic hydroxyl groups excluding tert-OH is 2. The number of amides is 1. The molecule has 0 spiro atoms. The molecule has 0 saturated heterocycles. The van der Waals surface area contributed by atoms with Crippen LogP contribution >= 0.6 is 7.82 Å². The second-order valence-electron chi connectivity index (χ2n) is 9.79. The zero-order valence-electron chi connectivity index (χ0n) is 23.3. The maximum atomic E-state index is 12.5. The van der Waals surface area contributed by atoms with Crippen molar-refractivity contribution in [1.82, 2.24) is 5.32 Å². The van der Waals surface area contributed by atoms with E-state index in [-0.39, 0.29) is 26.2 Å². The van der Waals surface area contributed by atoms with Gasteiger partial charge < -0.3 is 26.2 Å². The second-order valence-corrected chi connectivity index (χ2v) is 11.2. The molecule has 0 rings (SSSR count).